The molecule has 0 spiro atoms. The Hall–Kier alpha value is -3.42. The van der Waals surface area contributed by atoms with Crippen LogP contribution in [-0.4, -0.2) is 49.4 Å². The van der Waals surface area contributed by atoms with Crippen LogP contribution in [0.5, 0.6) is 5.75 Å². The number of ether oxygens (including phenoxy) is 1. The van der Waals surface area contributed by atoms with Crippen molar-refractivity contribution in [1.82, 2.24) is 4.90 Å². The molecular formula is C21H20FN3O4. The predicted molar refractivity (Wildman–Crippen MR) is 104 cm³/mol. The summed E-state index contributed by atoms with van der Waals surface area (Å²) < 4.78 is 18.7. The van der Waals surface area contributed by atoms with Gasteiger partial charge >= 0.3 is 0 Å². The van der Waals surface area contributed by atoms with Crippen LogP contribution in [0, 0.1) is 11.7 Å². The number of carbonyl (C=O) groups excluding carboxylic acids is 3. The molecule has 1 unspecified atom stereocenters. The van der Waals surface area contributed by atoms with E-state index in [1.807, 2.05) is 0 Å². The number of nitrogens with zero attached hydrogens (tertiary/aromatic N) is 2. The van der Waals surface area contributed by atoms with Crippen LogP contribution in [0.4, 0.5) is 15.8 Å². The fourth-order valence-electron chi connectivity index (χ4n) is 3.50. The van der Waals surface area contributed by atoms with E-state index < -0.39 is 5.92 Å². The van der Waals surface area contributed by atoms with E-state index in [2.05, 4.69) is 5.32 Å². The first-order valence-electron chi connectivity index (χ1n) is 9.31. The highest BCUT2D eigenvalue weighted by Gasteiger charge is 2.35. The van der Waals surface area contributed by atoms with Crippen molar-refractivity contribution >= 4 is 29.1 Å². The second-order valence-electron chi connectivity index (χ2n) is 7.16. The summed E-state index contributed by atoms with van der Waals surface area (Å²) in [6.45, 7) is 1.11. The van der Waals surface area contributed by atoms with Crippen LogP contribution >= 0.6 is 0 Å². The van der Waals surface area contributed by atoms with Crippen LogP contribution in [0.15, 0.2) is 42.5 Å². The smallest absolute Gasteiger partial charge is 0.257 e. The molecule has 1 N–H and O–H groups in total. The SMILES string of the molecule is CN1CCOc2ccc(NC(=O)C3CC(=O)N(c4ccc(F)cc4)C3)cc2C1=O. The molecule has 150 valence electrons. The van der Waals surface area contributed by atoms with Gasteiger partial charge in [-0.1, -0.05) is 0 Å². The molecule has 2 aromatic rings. The van der Waals surface area contributed by atoms with Crippen molar-refractivity contribution in [2.24, 2.45) is 5.92 Å². The lowest BCUT2D eigenvalue weighted by molar-refractivity contribution is -0.122. The number of fused-ring (bicyclic) bond motifs is 1. The number of hydrogen-bond donors (Lipinski definition) is 1. The second-order valence-corrected chi connectivity index (χ2v) is 7.16. The van der Waals surface area contributed by atoms with E-state index in [-0.39, 0.29) is 36.5 Å². The summed E-state index contributed by atoms with van der Waals surface area (Å²) in [5, 5.41) is 2.79. The van der Waals surface area contributed by atoms with Gasteiger partial charge in [0.05, 0.1) is 18.0 Å². The Kier molecular flexibility index (Phi) is 4.92. The Bertz CT molecular complexity index is 976. The molecule has 2 aliphatic rings. The summed E-state index contributed by atoms with van der Waals surface area (Å²) in [5.74, 6) is -1.12. The fourth-order valence-corrected chi connectivity index (χ4v) is 3.50. The lowest BCUT2D eigenvalue weighted by Gasteiger charge is -2.17. The van der Waals surface area contributed by atoms with E-state index in [4.69, 9.17) is 4.74 Å². The summed E-state index contributed by atoms with van der Waals surface area (Å²) in [5.41, 5.74) is 1.41. The van der Waals surface area contributed by atoms with Crippen molar-refractivity contribution in [3.8, 4) is 5.75 Å². The molecule has 1 fully saturated rings. The zero-order valence-electron chi connectivity index (χ0n) is 15.9. The molecular weight excluding hydrogens is 377 g/mol. The van der Waals surface area contributed by atoms with Crippen molar-refractivity contribution < 1.29 is 23.5 Å². The van der Waals surface area contributed by atoms with Gasteiger partial charge in [0, 0.05) is 31.4 Å². The average molecular weight is 397 g/mol. The van der Waals surface area contributed by atoms with E-state index in [9.17, 15) is 18.8 Å². The van der Waals surface area contributed by atoms with Crippen LogP contribution in [-0.2, 0) is 9.59 Å². The van der Waals surface area contributed by atoms with Gasteiger partial charge in [-0.3, -0.25) is 14.4 Å². The number of carbonyl (C=O) groups is 3. The highest BCUT2D eigenvalue weighted by Crippen LogP contribution is 2.29. The third-order valence-corrected chi connectivity index (χ3v) is 5.14. The minimum atomic E-state index is -0.541. The number of nitrogens with one attached hydrogen (secondary N) is 1. The second kappa shape index (κ2) is 7.54. The molecule has 29 heavy (non-hydrogen) atoms. The molecule has 0 aliphatic carbocycles. The van der Waals surface area contributed by atoms with Gasteiger partial charge in [-0.2, -0.15) is 0 Å². The van der Waals surface area contributed by atoms with Gasteiger partial charge in [0.25, 0.3) is 5.91 Å². The van der Waals surface area contributed by atoms with Gasteiger partial charge in [0.15, 0.2) is 0 Å². The number of rotatable bonds is 3. The lowest BCUT2D eigenvalue weighted by atomic mass is 10.1. The molecule has 0 saturated carbocycles. The third kappa shape index (κ3) is 3.78. The molecule has 0 radical (unpaired) electrons. The van der Waals surface area contributed by atoms with Gasteiger partial charge in [-0.05, 0) is 42.5 Å². The first-order chi connectivity index (χ1) is 13.9. The molecule has 3 amide bonds. The molecule has 1 saturated heterocycles. The third-order valence-electron chi connectivity index (χ3n) is 5.14. The summed E-state index contributed by atoms with van der Waals surface area (Å²) >= 11 is 0. The molecule has 2 aromatic carbocycles. The maximum absolute atomic E-state index is 13.1. The highest BCUT2D eigenvalue weighted by atomic mass is 19.1. The molecule has 4 rings (SSSR count). The number of anilines is 2. The van der Waals surface area contributed by atoms with Crippen LogP contribution in [0.2, 0.25) is 0 Å². The van der Waals surface area contributed by atoms with Crippen molar-refractivity contribution in [2.75, 3.05) is 37.0 Å². The van der Waals surface area contributed by atoms with Crippen molar-refractivity contribution in [3.63, 3.8) is 0 Å². The number of amides is 3. The van der Waals surface area contributed by atoms with E-state index in [1.54, 1.807) is 30.1 Å². The molecule has 8 heteroatoms. The highest BCUT2D eigenvalue weighted by molar-refractivity contribution is 6.04. The molecule has 0 aromatic heterocycles. The first-order valence-corrected chi connectivity index (χ1v) is 9.31. The Labute approximate surface area is 167 Å². The van der Waals surface area contributed by atoms with Gasteiger partial charge in [0.1, 0.15) is 18.2 Å². The number of hydrogen-bond acceptors (Lipinski definition) is 4. The molecule has 0 bridgehead atoms. The Morgan fingerprint density at radius 3 is 2.69 bits per heavy atom. The topological polar surface area (TPSA) is 79.0 Å². The van der Waals surface area contributed by atoms with Gasteiger partial charge in [-0.15, -0.1) is 0 Å². The molecule has 7 nitrogen and oxygen atoms in total. The van der Waals surface area contributed by atoms with Gasteiger partial charge < -0.3 is 19.9 Å². The summed E-state index contributed by atoms with van der Waals surface area (Å²) in [6, 6.07) is 10.5. The van der Waals surface area contributed by atoms with E-state index in [0.29, 0.717) is 35.8 Å². The normalized spacial score (nSPS) is 18.9. The first kappa shape index (κ1) is 18.9. The maximum atomic E-state index is 13.1. The summed E-state index contributed by atoms with van der Waals surface area (Å²) in [4.78, 5) is 40.5. The largest absolute Gasteiger partial charge is 0.491 e. The standard InChI is InChI=1S/C21H20FN3O4/c1-24-8-9-29-18-7-4-15(11-17(18)21(24)28)23-20(27)13-10-19(26)25(12-13)16-5-2-14(22)3-6-16/h2-7,11,13H,8-10,12H2,1H3,(H,23,27). The number of halogens is 1. The molecule has 1 atom stereocenters. The van der Waals surface area contributed by atoms with Crippen molar-refractivity contribution in [1.29, 1.82) is 0 Å². The van der Waals surface area contributed by atoms with Crippen LogP contribution < -0.4 is 15.0 Å². The average Bonchev–Trinajstić information content (AvgIpc) is 3.04. The van der Waals surface area contributed by atoms with Gasteiger partial charge in [-0.25, -0.2) is 4.39 Å². The zero-order chi connectivity index (χ0) is 20.5. The molecule has 2 aliphatic heterocycles. The predicted octanol–water partition coefficient (Wildman–Crippen LogP) is 2.28. The quantitative estimate of drug-likeness (QED) is 0.862. The van der Waals surface area contributed by atoms with Crippen LogP contribution in [0.3, 0.4) is 0 Å². The molecule has 2 heterocycles. The monoisotopic (exact) mass is 397 g/mol. The van der Waals surface area contributed by atoms with Crippen LogP contribution in [0.1, 0.15) is 16.8 Å². The lowest BCUT2D eigenvalue weighted by Crippen LogP contribution is -2.28. The number of likely N-dealkylation sites (N-methyl/N-ethyl adjacent to an activating group) is 1. The zero-order valence-corrected chi connectivity index (χ0v) is 15.9. The Balaban J connectivity index is 1.47. The fraction of sp³-hybridized carbons (Fsp3) is 0.286. The van der Waals surface area contributed by atoms with Crippen LogP contribution in [0.25, 0.3) is 0 Å². The van der Waals surface area contributed by atoms with E-state index in [1.165, 1.54) is 29.2 Å². The van der Waals surface area contributed by atoms with E-state index >= 15 is 0 Å². The Morgan fingerprint density at radius 2 is 1.93 bits per heavy atom. The summed E-state index contributed by atoms with van der Waals surface area (Å²) in [7, 11) is 1.69. The van der Waals surface area contributed by atoms with Gasteiger partial charge in [0.2, 0.25) is 11.8 Å². The van der Waals surface area contributed by atoms with E-state index in [0.717, 1.165) is 0 Å². The van der Waals surface area contributed by atoms with Crippen molar-refractivity contribution in [2.45, 2.75) is 6.42 Å². The maximum Gasteiger partial charge on any atom is 0.257 e. The minimum absolute atomic E-state index is 0.0684. The summed E-state index contributed by atoms with van der Waals surface area (Å²) in [6.07, 6.45) is 0.0684. The minimum Gasteiger partial charge on any atom is -0.491 e. The number of benzene rings is 2. The van der Waals surface area contributed by atoms with Crippen molar-refractivity contribution in [3.05, 3.63) is 53.8 Å². The Morgan fingerprint density at radius 1 is 1.17 bits per heavy atom.